The molecule has 0 saturated carbocycles. The van der Waals surface area contributed by atoms with Crippen LogP contribution in [0, 0.1) is 6.92 Å². The molecule has 0 fully saturated rings. The van der Waals surface area contributed by atoms with Gasteiger partial charge in [0.25, 0.3) is 0 Å². The van der Waals surface area contributed by atoms with Crippen LogP contribution in [0.1, 0.15) is 24.3 Å². The summed E-state index contributed by atoms with van der Waals surface area (Å²) < 4.78 is 10.3. The summed E-state index contributed by atoms with van der Waals surface area (Å²) in [6, 6.07) is 2.25. The first-order valence-corrected chi connectivity index (χ1v) is 5.61. The van der Waals surface area contributed by atoms with E-state index in [1.54, 1.807) is 7.11 Å². The van der Waals surface area contributed by atoms with Gasteiger partial charge in [0.15, 0.2) is 5.76 Å². The first-order chi connectivity index (χ1) is 7.76. The third kappa shape index (κ3) is 4.74. The fourth-order valence-corrected chi connectivity index (χ4v) is 1.55. The van der Waals surface area contributed by atoms with E-state index in [1.165, 1.54) is 0 Å². The minimum absolute atomic E-state index is 0.318. The lowest BCUT2D eigenvalue weighted by molar-refractivity contribution is 0.159. The molecule has 0 aliphatic heterocycles. The molecule has 0 bridgehead atoms. The van der Waals surface area contributed by atoms with Crippen LogP contribution in [0.4, 0.5) is 0 Å². The molecule has 3 N–H and O–H groups in total. The highest BCUT2D eigenvalue weighted by atomic mass is 16.5. The van der Waals surface area contributed by atoms with Crippen LogP contribution in [-0.2, 0) is 11.3 Å². The van der Waals surface area contributed by atoms with Crippen molar-refractivity contribution in [2.24, 2.45) is 5.73 Å². The molecule has 92 valence electrons. The Hall–Kier alpha value is -0.910. The number of aryl methyl sites for hydroxylation is 1. The molecular formula is C11H21N3O2. The number of hydrogen-bond acceptors (Lipinski definition) is 5. The van der Waals surface area contributed by atoms with E-state index in [0.29, 0.717) is 25.7 Å². The van der Waals surface area contributed by atoms with Crippen molar-refractivity contribution in [3.05, 3.63) is 17.5 Å². The van der Waals surface area contributed by atoms with Crippen molar-refractivity contribution in [1.82, 2.24) is 10.5 Å². The zero-order chi connectivity index (χ0) is 11.8. The number of nitrogens with one attached hydrogen (secondary N) is 1. The first-order valence-electron chi connectivity index (χ1n) is 5.61. The van der Waals surface area contributed by atoms with Crippen LogP contribution in [0.15, 0.2) is 10.6 Å². The molecule has 0 aliphatic rings. The Morgan fingerprint density at radius 2 is 2.44 bits per heavy atom. The Kier molecular flexibility index (Phi) is 6.07. The monoisotopic (exact) mass is 227 g/mol. The summed E-state index contributed by atoms with van der Waals surface area (Å²) in [5, 5.41) is 7.21. The van der Waals surface area contributed by atoms with Gasteiger partial charge >= 0.3 is 0 Å². The predicted molar refractivity (Wildman–Crippen MR) is 62.0 cm³/mol. The average molecular weight is 227 g/mol. The largest absolute Gasteiger partial charge is 0.383 e. The quantitative estimate of drug-likeness (QED) is 0.688. The van der Waals surface area contributed by atoms with E-state index >= 15 is 0 Å². The number of methoxy groups -OCH3 is 1. The second kappa shape index (κ2) is 7.38. The van der Waals surface area contributed by atoms with Gasteiger partial charge < -0.3 is 20.3 Å². The lowest BCUT2D eigenvalue weighted by Crippen LogP contribution is -2.33. The van der Waals surface area contributed by atoms with Gasteiger partial charge in [-0.05, 0) is 26.3 Å². The molecule has 0 amide bonds. The molecule has 5 heteroatoms. The SMILES string of the molecule is COCC(CCCN)NCc1cc(C)no1. The summed E-state index contributed by atoms with van der Waals surface area (Å²) in [5.74, 6) is 0.853. The minimum Gasteiger partial charge on any atom is -0.383 e. The van der Waals surface area contributed by atoms with Crippen LogP contribution in [0.2, 0.25) is 0 Å². The molecule has 1 atom stereocenters. The second-order valence-electron chi connectivity index (χ2n) is 3.90. The Morgan fingerprint density at radius 1 is 1.62 bits per heavy atom. The first kappa shape index (κ1) is 13.2. The number of rotatable bonds is 8. The van der Waals surface area contributed by atoms with E-state index in [2.05, 4.69) is 10.5 Å². The lowest BCUT2D eigenvalue weighted by atomic mass is 10.1. The Balaban J connectivity index is 2.30. The molecule has 0 radical (unpaired) electrons. The second-order valence-corrected chi connectivity index (χ2v) is 3.90. The van der Waals surface area contributed by atoms with Crippen molar-refractivity contribution in [2.75, 3.05) is 20.3 Å². The Bertz CT molecular complexity index is 289. The van der Waals surface area contributed by atoms with Crippen molar-refractivity contribution in [1.29, 1.82) is 0 Å². The lowest BCUT2D eigenvalue weighted by Gasteiger charge is -2.16. The summed E-state index contributed by atoms with van der Waals surface area (Å²) in [7, 11) is 1.70. The third-order valence-electron chi connectivity index (χ3n) is 2.37. The van der Waals surface area contributed by atoms with Crippen LogP contribution in [0.25, 0.3) is 0 Å². The molecule has 1 aromatic heterocycles. The zero-order valence-corrected chi connectivity index (χ0v) is 10.0. The highest BCUT2D eigenvalue weighted by Gasteiger charge is 2.08. The van der Waals surface area contributed by atoms with E-state index in [1.807, 2.05) is 13.0 Å². The maximum Gasteiger partial charge on any atom is 0.150 e. The van der Waals surface area contributed by atoms with Gasteiger partial charge in [-0.25, -0.2) is 0 Å². The normalized spacial score (nSPS) is 12.9. The van der Waals surface area contributed by atoms with Crippen molar-refractivity contribution in [3.8, 4) is 0 Å². The smallest absolute Gasteiger partial charge is 0.150 e. The van der Waals surface area contributed by atoms with Gasteiger partial charge in [0.05, 0.1) is 18.8 Å². The van der Waals surface area contributed by atoms with Gasteiger partial charge in [-0.1, -0.05) is 5.16 Å². The van der Waals surface area contributed by atoms with Gasteiger partial charge in [0.1, 0.15) is 0 Å². The average Bonchev–Trinajstić information content (AvgIpc) is 2.68. The number of hydrogen-bond donors (Lipinski definition) is 2. The maximum atomic E-state index is 5.49. The summed E-state index contributed by atoms with van der Waals surface area (Å²) in [4.78, 5) is 0. The highest BCUT2D eigenvalue weighted by molar-refractivity contribution is 5.02. The predicted octanol–water partition coefficient (Wildman–Crippen LogP) is 0.827. The van der Waals surface area contributed by atoms with Crippen molar-refractivity contribution in [3.63, 3.8) is 0 Å². The third-order valence-corrected chi connectivity index (χ3v) is 2.37. The molecule has 0 aliphatic carbocycles. The zero-order valence-electron chi connectivity index (χ0n) is 10.0. The number of nitrogens with zero attached hydrogens (tertiary/aromatic N) is 1. The molecule has 1 heterocycles. The molecule has 1 unspecified atom stereocenters. The Labute approximate surface area is 96.3 Å². The van der Waals surface area contributed by atoms with Gasteiger partial charge in [-0.2, -0.15) is 0 Å². The maximum absolute atomic E-state index is 5.49. The molecule has 0 spiro atoms. The molecule has 1 aromatic rings. The molecule has 0 saturated heterocycles. The van der Waals surface area contributed by atoms with Crippen molar-refractivity contribution >= 4 is 0 Å². The molecule has 5 nitrogen and oxygen atoms in total. The topological polar surface area (TPSA) is 73.3 Å². The molecular weight excluding hydrogens is 206 g/mol. The summed E-state index contributed by atoms with van der Waals surface area (Å²) >= 11 is 0. The molecule has 0 aromatic carbocycles. The Morgan fingerprint density at radius 3 is 3.00 bits per heavy atom. The number of nitrogens with two attached hydrogens (primary N) is 1. The summed E-state index contributed by atoms with van der Waals surface area (Å²) in [6.07, 6.45) is 2.01. The van der Waals surface area contributed by atoms with Crippen LogP contribution in [0.5, 0.6) is 0 Å². The highest BCUT2D eigenvalue weighted by Crippen LogP contribution is 2.03. The van der Waals surface area contributed by atoms with Crippen LogP contribution in [0.3, 0.4) is 0 Å². The number of ether oxygens (including phenoxy) is 1. The fraction of sp³-hybridized carbons (Fsp3) is 0.727. The van der Waals surface area contributed by atoms with Gasteiger partial charge in [0.2, 0.25) is 0 Å². The van der Waals surface area contributed by atoms with Crippen LogP contribution < -0.4 is 11.1 Å². The molecule has 1 rings (SSSR count). The van der Waals surface area contributed by atoms with E-state index in [0.717, 1.165) is 24.3 Å². The van der Waals surface area contributed by atoms with Gasteiger partial charge in [-0.3, -0.25) is 0 Å². The van der Waals surface area contributed by atoms with E-state index < -0.39 is 0 Å². The summed E-state index contributed by atoms with van der Waals surface area (Å²) in [6.45, 7) is 3.99. The van der Waals surface area contributed by atoms with Gasteiger partial charge in [0, 0.05) is 19.2 Å². The van der Waals surface area contributed by atoms with E-state index in [-0.39, 0.29) is 0 Å². The van der Waals surface area contributed by atoms with E-state index in [9.17, 15) is 0 Å². The van der Waals surface area contributed by atoms with Crippen LogP contribution >= 0.6 is 0 Å². The summed E-state index contributed by atoms with van der Waals surface area (Å²) in [5.41, 5.74) is 6.39. The minimum atomic E-state index is 0.318. The fourth-order valence-electron chi connectivity index (χ4n) is 1.55. The van der Waals surface area contributed by atoms with E-state index in [4.69, 9.17) is 15.0 Å². The van der Waals surface area contributed by atoms with Crippen LogP contribution in [-0.4, -0.2) is 31.5 Å². The van der Waals surface area contributed by atoms with Crippen molar-refractivity contribution < 1.29 is 9.26 Å². The number of aromatic nitrogens is 1. The standard InChI is InChI=1S/C11H21N3O2/c1-9-6-11(16-14-9)7-13-10(8-15-2)4-3-5-12/h6,10,13H,3-5,7-8,12H2,1-2H3. The molecule has 16 heavy (non-hydrogen) atoms. The van der Waals surface area contributed by atoms with Crippen molar-refractivity contribution in [2.45, 2.75) is 32.4 Å². The van der Waals surface area contributed by atoms with Gasteiger partial charge in [-0.15, -0.1) is 0 Å².